The summed E-state index contributed by atoms with van der Waals surface area (Å²) in [6.45, 7) is 2.39. The van der Waals surface area contributed by atoms with E-state index in [1.165, 1.54) is 12.8 Å². The Bertz CT molecular complexity index is 928. The van der Waals surface area contributed by atoms with Gasteiger partial charge in [0.2, 0.25) is 0 Å². The first kappa shape index (κ1) is 16.8. The third-order valence-electron chi connectivity index (χ3n) is 4.66. The number of carbonyl (C=O) groups excluding carboxylic acids is 1. The molecule has 26 heavy (non-hydrogen) atoms. The number of benzene rings is 1. The minimum Gasteiger partial charge on any atom is -0.371 e. The number of fused-ring (bicyclic) bond motifs is 1. The summed E-state index contributed by atoms with van der Waals surface area (Å²) in [7, 11) is -3.39. The molecule has 0 saturated carbocycles. The predicted molar refractivity (Wildman–Crippen MR) is 102 cm³/mol. The number of hydrogen-bond donors (Lipinski definition) is 1. The van der Waals surface area contributed by atoms with Crippen LogP contribution in [0.25, 0.3) is 0 Å². The van der Waals surface area contributed by atoms with Gasteiger partial charge < -0.3 is 15.1 Å². The van der Waals surface area contributed by atoms with Gasteiger partial charge in [0.1, 0.15) is 5.84 Å². The molecule has 3 heterocycles. The van der Waals surface area contributed by atoms with Gasteiger partial charge in [0.25, 0.3) is 15.9 Å². The first-order valence-electron chi connectivity index (χ1n) is 8.66. The molecular formula is C18H20N4O3S. The summed E-state index contributed by atoms with van der Waals surface area (Å²) in [5.41, 5.74) is 2.33. The van der Waals surface area contributed by atoms with Crippen LogP contribution in [-0.4, -0.2) is 50.4 Å². The zero-order valence-electron chi connectivity index (χ0n) is 14.3. The highest BCUT2D eigenvalue weighted by Crippen LogP contribution is 2.24. The van der Waals surface area contributed by atoms with E-state index in [9.17, 15) is 13.2 Å². The number of sulfonamides is 1. The summed E-state index contributed by atoms with van der Waals surface area (Å²) >= 11 is 0. The van der Waals surface area contributed by atoms with Gasteiger partial charge in [-0.15, -0.1) is 4.40 Å². The third-order valence-corrected chi connectivity index (χ3v) is 5.83. The molecule has 1 aromatic carbocycles. The molecule has 1 amide bonds. The van der Waals surface area contributed by atoms with Crippen molar-refractivity contribution in [3.8, 4) is 0 Å². The van der Waals surface area contributed by atoms with E-state index in [1.807, 2.05) is 18.2 Å². The van der Waals surface area contributed by atoms with Crippen molar-refractivity contribution in [3.63, 3.8) is 0 Å². The Morgan fingerprint density at radius 3 is 2.73 bits per heavy atom. The van der Waals surface area contributed by atoms with Gasteiger partial charge in [-0.05, 0) is 43.2 Å². The lowest BCUT2D eigenvalue weighted by molar-refractivity contribution is -0.112. The normalized spacial score (nSPS) is 21.1. The Balaban J connectivity index is 1.48. The molecule has 136 valence electrons. The molecule has 1 N–H and O–H groups in total. The van der Waals surface area contributed by atoms with E-state index in [4.69, 9.17) is 0 Å². The number of amidine groups is 1. The van der Waals surface area contributed by atoms with Gasteiger partial charge in [0.15, 0.2) is 0 Å². The number of amides is 1. The van der Waals surface area contributed by atoms with Crippen molar-refractivity contribution in [3.05, 3.63) is 48.2 Å². The van der Waals surface area contributed by atoms with Crippen LogP contribution in [0, 0.1) is 0 Å². The molecule has 1 aromatic rings. The van der Waals surface area contributed by atoms with Gasteiger partial charge in [0, 0.05) is 37.2 Å². The molecule has 0 atom stereocenters. The maximum absolute atomic E-state index is 12.6. The van der Waals surface area contributed by atoms with E-state index < -0.39 is 10.0 Å². The van der Waals surface area contributed by atoms with Crippen molar-refractivity contribution in [2.45, 2.75) is 12.8 Å². The monoisotopic (exact) mass is 372 g/mol. The fourth-order valence-corrected chi connectivity index (χ4v) is 4.26. The summed E-state index contributed by atoms with van der Waals surface area (Å²) < 4.78 is 26.8. The third kappa shape index (κ3) is 3.50. The fraction of sp³-hybridized carbons (Fsp3) is 0.333. The molecule has 0 aliphatic carbocycles. The van der Waals surface area contributed by atoms with Crippen LogP contribution in [-0.2, 0) is 14.8 Å². The standard InChI is InChI=1S/C18H20N4O3S/c23-18(14-6-7-17-20-26(24,25)11-10-22(17)13-14)19-15-4-3-5-16(12-15)21-8-1-2-9-21/h3-7,12-13H,1-2,8-11H2,(H,19,23). The Hall–Kier alpha value is -2.61. The largest absolute Gasteiger partial charge is 0.371 e. The van der Waals surface area contributed by atoms with Crippen molar-refractivity contribution in [2.75, 3.05) is 35.6 Å². The van der Waals surface area contributed by atoms with Crippen molar-refractivity contribution >= 4 is 33.1 Å². The summed E-state index contributed by atoms with van der Waals surface area (Å²) in [6.07, 6.45) is 7.20. The molecule has 0 bridgehead atoms. The SMILES string of the molecule is O=C(Nc1cccc(N2CCCC2)c1)C1=CN2CCS(=O)(=O)N=C2C=C1. The lowest BCUT2D eigenvalue weighted by Crippen LogP contribution is -2.37. The lowest BCUT2D eigenvalue weighted by Gasteiger charge is -2.27. The van der Waals surface area contributed by atoms with Crippen molar-refractivity contribution in [1.29, 1.82) is 0 Å². The Morgan fingerprint density at radius 2 is 1.92 bits per heavy atom. The van der Waals surface area contributed by atoms with E-state index >= 15 is 0 Å². The van der Waals surface area contributed by atoms with Crippen LogP contribution in [0.2, 0.25) is 0 Å². The average molecular weight is 372 g/mol. The van der Waals surface area contributed by atoms with Crippen molar-refractivity contribution < 1.29 is 13.2 Å². The zero-order chi connectivity index (χ0) is 18.1. The number of nitrogens with one attached hydrogen (secondary N) is 1. The molecule has 1 fully saturated rings. The highest BCUT2D eigenvalue weighted by Gasteiger charge is 2.25. The van der Waals surface area contributed by atoms with Gasteiger partial charge in [-0.2, -0.15) is 0 Å². The number of rotatable bonds is 3. The van der Waals surface area contributed by atoms with Crippen LogP contribution in [0.4, 0.5) is 11.4 Å². The van der Waals surface area contributed by atoms with Gasteiger partial charge in [-0.25, -0.2) is 8.42 Å². The van der Waals surface area contributed by atoms with Crippen LogP contribution < -0.4 is 10.2 Å². The number of carbonyl (C=O) groups is 1. The molecule has 3 aliphatic rings. The molecule has 0 aromatic heterocycles. The molecule has 0 unspecified atom stereocenters. The Morgan fingerprint density at radius 1 is 1.12 bits per heavy atom. The molecule has 0 spiro atoms. The van der Waals surface area contributed by atoms with Gasteiger partial charge >= 0.3 is 0 Å². The van der Waals surface area contributed by atoms with Crippen LogP contribution in [0.5, 0.6) is 0 Å². The first-order chi connectivity index (χ1) is 12.5. The van der Waals surface area contributed by atoms with E-state index in [0.29, 0.717) is 18.0 Å². The lowest BCUT2D eigenvalue weighted by atomic mass is 10.1. The molecule has 3 aliphatic heterocycles. The predicted octanol–water partition coefficient (Wildman–Crippen LogP) is 1.72. The van der Waals surface area contributed by atoms with Crippen LogP contribution in [0.3, 0.4) is 0 Å². The van der Waals surface area contributed by atoms with Crippen LogP contribution in [0.15, 0.2) is 52.6 Å². The zero-order valence-corrected chi connectivity index (χ0v) is 15.1. The van der Waals surface area contributed by atoms with E-state index in [-0.39, 0.29) is 11.7 Å². The molecule has 7 nitrogen and oxygen atoms in total. The highest BCUT2D eigenvalue weighted by molar-refractivity contribution is 7.90. The van der Waals surface area contributed by atoms with Gasteiger partial charge in [0.05, 0.1) is 11.3 Å². The van der Waals surface area contributed by atoms with Crippen molar-refractivity contribution in [2.24, 2.45) is 4.40 Å². The average Bonchev–Trinajstić information content (AvgIpc) is 3.15. The van der Waals surface area contributed by atoms with Gasteiger partial charge in [-0.1, -0.05) is 6.07 Å². The second-order valence-corrected chi connectivity index (χ2v) is 8.30. The summed E-state index contributed by atoms with van der Waals surface area (Å²) in [5.74, 6) is 0.0734. The van der Waals surface area contributed by atoms with Crippen molar-refractivity contribution in [1.82, 2.24) is 4.90 Å². The van der Waals surface area contributed by atoms with Gasteiger partial charge in [-0.3, -0.25) is 4.79 Å². The van der Waals surface area contributed by atoms with E-state index in [0.717, 1.165) is 24.5 Å². The first-order valence-corrected chi connectivity index (χ1v) is 10.3. The summed E-state index contributed by atoms with van der Waals surface area (Å²) in [6, 6.07) is 7.84. The minimum absolute atomic E-state index is 0.0480. The quantitative estimate of drug-likeness (QED) is 0.874. The number of nitrogens with zero attached hydrogens (tertiary/aromatic N) is 3. The summed E-state index contributed by atoms with van der Waals surface area (Å²) in [4.78, 5) is 16.6. The second-order valence-electron chi connectivity index (χ2n) is 6.55. The molecule has 8 heteroatoms. The maximum Gasteiger partial charge on any atom is 0.257 e. The smallest absolute Gasteiger partial charge is 0.257 e. The Kier molecular flexibility index (Phi) is 4.28. The minimum atomic E-state index is -3.39. The van der Waals surface area contributed by atoms with Crippen LogP contribution in [0.1, 0.15) is 12.8 Å². The van der Waals surface area contributed by atoms with E-state index in [2.05, 4.69) is 20.7 Å². The second kappa shape index (κ2) is 6.60. The molecule has 4 rings (SSSR count). The highest BCUT2D eigenvalue weighted by atomic mass is 32.2. The molecular weight excluding hydrogens is 352 g/mol. The topological polar surface area (TPSA) is 82.1 Å². The van der Waals surface area contributed by atoms with Crippen LogP contribution >= 0.6 is 0 Å². The summed E-state index contributed by atoms with van der Waals surface area (Å²) in [5, 5.41) is 2.92. The molecule has 1 saturated heterocycles. The number of hydrogen-bond acceptors (Lipinski definition) is 5. The Labute approximate surface area is 152 Å². The molecule has 0 radical (unpaired) electrons. The maximum atomic E-state index is 12.6. The number of anilines is 2. The fourth-order valence-electron chi connectivity index (χ4n) is 3.29. The van der Waals surface area contributed by atoms with E-state index in [1.54, 1.807) is 23.3 Å².